The molecule has 0 saturated carbocycles. The molecule has 17 heavy (non-hydrogen) atoms. The number of ether oxygens (including phenoxy) is 2. The SMILES string of the molecule is C1CCOC1.C1CCOC1.Cc1ccccc1. The first-order chi connectivity index (χ1) is 8.39. The first-order valence-corrected chi connectivity index (χ1v) is 6.57. The molecule has 0 radical (unpaired) electrons. The fourth-order valence-electron chi connectivity index (χ4n) is 1.55. The maximum atomic E-state index is 4.94. The zero-order valence-corrected chi connectivity index (χ0v) is 10.9. The Balaban J connectivity index is 0.000000130. The molecule has 0 atom stereocenters. The van der Waals surface area contributed by atoms with E-state index in [4.69, 9.17) is 9.47 Å². The van der Waals surface area contributed by atoms with Crippen LogP contribution < -0.4 is 0 Å². The molecule has 0 bridgehead atoms. The van der Waals surface area contributed by atoms with Gasteiger partial charge in [0, 0.05) is 26.4 Å². The highest BCUT2D eigenvalue weighted by molar-refractivity contribution is 5.11. The Morgan fingerprint density at radius 1 is 0.706 bits per heavy atom. The maximum Gasteiger partial charge on any atom is 0.0466 e. The van der Waals surface area contributed by atoms with Crippen molar-refractivity contribution >= 4 is 0 Å². The van der Waals surface area contributed by atoms with Gasteiger partial charge < -0.3 is 9.47 Å². The van der Waals surface area contributed by atoms with Gasteiger partial charge in [-0.15, -0.1) is 0 Å². The largest absolute Gasteiger partial charge is 0.381 e. The summed E-state index contributed by atoms with van der Waals surface area (Å²) < 4.78 is 9.89. The molecule has 0 amide bonds. The van der Waals surface area contributed by atoms with Crippen molar-refractivity contribution in [2.45, 2.75) is 32.6 Å². The topological polar surface area (TPSA) is 18.5 Å². The van der Waals surface area contributed by atoms with Gasteiger partial charge in [-0.3, -0.25) is 0 Å². The number of hydrogen-bond donors (Lipinski definition) is 0. The average Bonchev–Trinajstić information content (AvgIpc) is 3.09. The van der Waals surface area contributed by atoms with Crippen LogP contribution in [0.15, 0.2) is 30.3 Å². The summed E-state index contributed by atoms with van der Waals surface area (Å²) in [4.78, 5) is 0. The summed E-state index contributed by atoms with van der Waals surface area (Å²) in [5.74, 6) is 0. The molecule has 3 rings (SSSR count). The minimum atomic E-state index is 1.00. The molecule has 1 aromatic rings. The van der Waals surface area contributed by atoms with Crippen LogP contribution in [0, 0.1) is 6.92 Å². The van der Waals surface area contributed by atoms with Crippen molar-refractivity contribution in [3.05, 3.63) is 35.9 Å². The summed E-state index contributed by atoms with van der Waals surface area (Å²) in [7, 11) is 0. The van der Waals surface area contributed by atoms with Crippen LogP contribution in [0.3, 0.4) is 0 Å². The second-order valence-electron chi connectivity index (χ2n) is 4.29. The van der Waals surface area contributed by atoms with E-state index < -0.39 is 0 Å². The van der Waals surface area contributed by atoms with E-state index in [1.165, 1.54) is 31.2 Å². The fraction of sp³-hybridized carbons (Fsp3) is 0.600. The molecule has 2 aliphatic rings. The third-order valence-corrected chi connectivity index (χ3v) is 2.60. The monoisotopic (exact) mass is 236 g/mol. The first kappa shape index (κ1) is 14.2. The molecule has 96 valence electrons. The van der Waals surface area contributed by atoms with Crippen LogP contribution >= 0.6 is 0 Å². The lowest BCUT2D eigenvalue weighted by atomic mass is 10.2. The Morgan fingerprint density at radius 2 is 1.12 bits per heavy atom. The predicted octanol–water partition coefficient (Wildman–Crippen LogP) is 3.59. The Kier molecular flexibility index (Phi) is 8.61. The molecular weight excluding hydrogens is 212 g/mol. The van der Waals surface area contributed by atoms with Gasteiger partial charge in [-0.05, 0) is 32.6 Å². The van der Waals surface area contributed by atoms with Gasteiger partial charge in [-0.1, -0.05) is 35.9 Å². The molecule has 2 heteroatoms. The summed E-state index contributed by atoms with van der Waals surface area (Å²) in [5, 5.41) is 0. The van der Waals surface area contributed by atoms with Crippen molar-refractivity contribution < 1.29 is 9.47 Å². The minimum absolute atomic E-state index is 1.00. The van der Waals surface area contributed by atoms with Gasteiger partial charge in [0.1, 0.15) is 0 Å². The molecule has 0 aromatic heterocycles. The van der Waals surface area contributed by atoms with Crippen molar-refractivity contribution in [2.24, 2.45) is 0 Å². The van der Waals surface area contributed by atoms with E-state index in [0.29, 0.717) is 0 Å². The van der Waals surface area contributed by atoms with Crippen molar-refractivity contribution in [2.75, 3.05) is 26.4 Å². The summed E-state index contributed by atoms with van der Waals surface area (Å²) in [6.07, 6.45) is 5.11. The fourth-order valence-corrected chi connectivity index (χ4v) is 1.55. The van der Waals surface area contributed by atoms with E-state index in [1.807, 2.05) is 18.2 Å². The highest BCUT2D eigenvalue weighted by Gasteiger charge is 1.95. The van der Waals surface area contributed by atoms with E-state index in [9.17, 15) is 0 Å². The van der Waals surface area contributed by atoms with Crippen LogP contribution in [-0.4, -0.2) is 26.4 Å². The smallest absolute Gasteiger partial charge is 0.0466 e. The van der Waals surface area contributed by atoms with Crippen LogP contribution in [-0.2, 0) is 9.47 Å². The number of rotatable bonds is 0. The summed E-state index contributed by atoms with van der Waals surface area (Å²) >= 11 is 0. The van der Waals surface area contributed by atoms with Crippen molar-refractivity contribution in [1.29, 1.82) is 0 Å². The molecule has 0 spiro atoms. The molecule has 2 saturated heterocycles. The number of benzene rings is 1. The maximum absolute atomic E-state index is 4.94. The third kappa shape index (κ3) is 8.90. The van der Waals surface area contributed by atoms with Crippen LogP contribution in [0.1, 0.15) is 31.2 Å². The van der Waals surface area contributed by atoms with Gasteiger partial charge >= 0.3 is 0 Å². The van der Waals surface area contributed by atoms with E-state index >= 15 is 0 Å². The Hall–Kier alpha value is -0.860. The lowest BCUT2D eigenvalue weighted by molar-refractivity contribution is 0.198. The molecule has 0 N–H and O–H groups in total. The molecule has 0 unspecified atom stereocenters. The third-order valence-electron chi connectivity index (χ3n) is 2.60. The van der Waals surface area contributed by atoms with E-state index in [1.54, 1.807) is 0 Å². The first-order valence-electron chi connectivity index (χ1n) is 6.57. The minimum Gasteiger partial charge on any atom is -0.381 e. The molecule has 0 aliphatic carbocycles. The Labute approximate surface area is 105 Å². The second-order valence-corrected chi connectivity index (χ2v) is 4.29. The summed E-state index contributed by atoms with van der Waals surface area (Å²) in [6.45, 7) is 6.08. The van der Waals surface area contributed by atoms with E-state index in [-0.39, 0.29) is 0 Å². The second kappa shape index (κ2) is 10.3. The van der Waals surface area contributed by atoms with Crippen LogP contribution in [0.4, 0.5) is 0 Å². The van der Waals surface area contributed by atoms with Crippen LogP contribution in [0.2, 0.25) is 0 Å². The molecule has 2 aliphatic heterocycles. The lowest BCUT2D eigenvalue weighted by Crippen LogP contribution is -1.74. The summed E-state index contributed by atoms with van der Waals surface area (Å²) in [5.41, 5.74) is 1.32. The average molecular weight is 236 g/mol. The van der Waals surface area contributed by atoms with Crippen LogP contribution in [0.5, 0.6) is 0 Å². The molecule has 2 fully saturated rings. The Morgan fingerprint density at radius 3 is 1.29 bits per heavy atom. The standard InChI is InChI=1S/C7H8.2C4H8O/c1-7-5-3-2-4-6-7;2*1-2-4-5-3-1/h2-6H,1H3;2*1-4H2. The molecule has 2 nitrogen and oxygen atoms in total. The van der Waals surface area contributed by atoms with Gasteiger partial charge in [0.15, 0.2) is 0 Å². The van der Waals surface area contributed by atoms with Crippen molar-refractivity contribution in [1.82, 2.24) is 0 Å². The molecular formula is C15H24O2. The zero-order valence-electron chi connectivity index (χ0n) is 10.9. The van der Waals surface area contributed by atoms with Gasteiger partial charge in [0.05, 0.1) is 0 Å². The zero-order chi connectivity index (χ0) is 12.2. The van der Waals surface area contributed by atoms with Crippen molar-refractivity contribution in [3.63, 3.8) is 0 Å². The van der Waals surface area contributed by atoms with Gasteiger partial charge in [-0.2, -0.15) is 0 Å². The van der Waals surface area contributed by atoms with Gasteiger partial charge in [0.2, 0.25) is 0 Å². The van der Waals surface area contributed by atoms with Crippen molar-refractivity contribution in [3.8, 4) is 0 Å². The van der Waals surface area contributed by atoms with Gasteiger partial charge in [0.25, 0.3) is 0 Å². The number of aryl methyl sites for hydroxylation is 1. The van der Waals surface area contributed by atoms with Crippen LogP contribution in [0.25, 0.3) is 0 Å². The predicted molar refractivity (Wildman–Crippen MR) is 71.3 cm³/mol. The molecule has 1 aromatic carbocycles. The molecule has 2 heterocycles. The quantitative estimate of drug-likeness (QED) is 0.685. The van der Waals surface area contributed by atoms with E-state index in [0.717, 1.165) is 26.4 Å². The summed E-state index contributed by atoms with van der Waals surface area (Å²) in [6, 6.07) is 10.3. The highest BCUT2D eigenvalue weighted by atomic mass is 16.5. The highest BCUT2D eigenvalue weighted by Crippen LogP contribution is 1.98. The normalized spacial score (nSPS) is 17.7. The van der Waals surface area contributed by atoms with E-state index in [2.05, 4.69) is 19.1 Å². The van der Waals surface area contributed by atoms with Gasteiger partial charge in [-0.25, -0.2) is 0 Å². The Bertz CT molecular complexity index is 226. The lowest BCUT2D eigenvalue weighted by Gasteiger charge is -1.82. The number of hydrogen-bond acceptors (Lipinski definition) is 2.